The van der Waals surface area contributed by atoms with Crippen LogP contribution in [0.2, 0.25) is 0 Å². The second-order valence-corrected chi connectivity index (χ2v) is 6.00. The topological polar surface area (TPSA) is 48.3 Å². The van der Waals surface area contributed by atoms with E-state index in [4.69, 9.17) is 4.74 Å². The quantitative estimate of drug-likeness (QED) is 0.668. The molecule has 1 aliphatic rings. The Morgan fingerprint density at radius 3 is 2.80 bits per heavy atom. The molecule has 0 saturated carbocycles. The Morgan fingerprint density at radius 2 is 2.25 bits per heavy atom. The van der Waals surface area contributed by atoms with E-state index in [-0.39, 0.29) is 5.54 Å². The van der Waals surface area contributed by atoms with Crippen LogP contribution in [0, 0.1) is 11.3 Å². The fraction of sp³-hybridized carbons (Fsp3) is 0.938. The van der Waals surface area contributed by atoms with E-state index in [1.165, 1.54) is 12.8 Å². The van der Waals surface area contributed by atoms with Gasteiger partial charge in [-0.2, -0.15) is 5.26 Å². The highest BCUT2D eigenvalue weighted by Gasteiger charge is 2.23. The van der Waals surface area contributed by atoms with Gasteiger partial charge in [0.25, 0.3) is 0 Å². The van der Waals surface area contributed by atoms with E-state index in [0.29, 0.717) is 6.10 Å². The third kappa shape index (κ3) is 6.21. The maximum atomic E-state index is 9.32. The highest BCUT2D eigenvalue weighted by Crippen LogP contribution is 2.15. The van der Waals surface area contributed by atoms with Crippen LogP contribution in [0.25, 0.3) is 0 Å². The van der Waals surface area contributed by atoms with Crippen molar-refractivity contribution in [2.75, 3.05) is 32.8 Å². The SMILES string of the molecule is CCCNC(C)(C#N)CCCN(CC)CC1CCCO1. The molecular weight excluding hydrogens is 250 g/mol. The maximum Gasteiger partial charge on any atom is 0.103 e. The summed E-state index contributed by atoms with van der Waals surface area (Å²) < 4.78 is 5.70. The number of ether oxygens (including phenoxy) is 1. The Morgan fingerprint density at radius 1 is 1.45 bits per heavy atom. The lowest BCUT2D eigenvalue weighted by molar-refractivity contribution is 0.0738. The molecule has 0 aromatic carbocycles. The lowest BCUT2D eigenvalue weighted by Crippen LogP contribution is -2.42. The first-order chi connectivity index (χ1) is 9.63. The minimum atomic E-state index is -0.376. The summed E-state index contributed by atoms with van der Waals surface area (Å²) in [5.41, 5.74) is -0.376. The van der Waals surface area contributed by atoms with E-state index < -0.39 is 0 Å². The lowest BCUT2D eigenvalue weighted by Gasteiger charge is -2.27. The zero-order chi connectivity index (χ0) is 14.8. The van der Waals surface area contributed by atoms with Gasteiger partial charge < -0.3 is 9.64 Å². The van der Waals surface area contributed by atoms with Crippen LogP contribution in [0.1, 0.15) is 52.9 Å². The van der Waals surface area contributed by atoms with Crippen LogP contribution in [0.4, 0.5) is 0 Å². The molecule has 2 atom stereocenters. The zero-order valence-corrected chi connectivity index (χ0v) is 13.5. The molecule has 1 rings (SSSR count). The Hall–Kier alpha value is -0.630. The molecule has 2 unspecified atom stereocenters. The number of nitriles is 1. The van der Waals surface area contributed by atoms with E-state index in [0.717, 1.165) is 52.0 Å². The molecule has 0 aliphatic carbocycles. The van der Waals surface area contributed by atoms with Crippen molar-refractivity contribution in [3.63, 3.8) is 0 Å². The number of likely N-dealkylation sites (N-methyl/N-ethyl adjacent to an activating group) is 1. The van der Waals surface area contributed by atoms with Gasteiger partial charge in [0, 0.05) is 13.2 Å². The van der Waals surface area contributed by atoms with Gasteiger partial charge >= 0.3 is 0 Å². The predicted molar refractivity (Wildman–Crippen MR) is 82.6 cm³/mol. The summed E-state index contributed by atoms with van der Waals surface area (Å²) >= 11 is 0. The third-order valence-corrected chi connectivity index (χ3v) is 4.10. The molecule has 0 amide bonds. The molecule has 4 heteroatoms. The maximum absolute atomic E-state index is 9.32. The monoisotopic (exact) mass is 281 g/mol. The van der Waals surface area contributed by atoms with Crippen molar-refractivity contribution < 1.29 is 4.74 Å². The molecule has 1 heterocycles. The van der Waals surface area contributed by atoms with E-state index in [1.807, 2.05) is 6.92 Å². The van der Waals surface area contributed by atoms with Gasteiger partial charge in [-0.15, -0.1) is 0 Å². The molecule has 0 radical (unpaired) electrons. The van der Waals surface area contributed by atoms with Gasteiger partial charge in [0.2, 0.25) is 0 Å². The summed E-state index contributed by atoms with van der Waals surface area (Å²) in [6.07, 6.45) is 5.86. The van der Waals surface area contributed by atoms with Gasteiger partial charge in [0.1, 0.15) is 5.54 Å². The highest BCUT2D eigenvalue weighted by atomic mass is 16.5. The molecule has 1 fully saturated rings. The van der Waals surface area contributed by atoms with Gasteiger partial charge in [-0.05, 0) is 58.7 Å². The minimum Gasteiger partial charge on any atom is -0.377 e. The van der Waals surface area contributed by atoms with Gasteiger partial charge in [0.05, 0.1) is 12.2 Å². The normalized spacial score (nSPS) is 21.9. The number of nitrogens with zero attached hydrogens (tertiary/aromatic N) is 2. The van der Waals surface area contributed by atoms with Crippen LogP contribution < -0.4 is 5.32 Å². The van der Waals surface area contributed by atoms with Crippen molar-refractivity contribution in [3.05, 3.63) is 0 Å². The average Bonchev–Trinajstić information content (AvgIpc) is 2.97. The largest absolute Gasteiger partial charge is 0.377 e. The Kier molecular flexibility index (Phi) is 8.13. The van der Waals surface area contributed by atoms with Gasteiger partial charge in [-0.25, -0.2) is 0 Å². The van der Waals surface area contributed by atoms with Gasteiger partial charge in [-0.3, -0.25) is 5.32 Å². The summed E-state index contributed by atoms with van der Waals surface area (Å²) in [5, 5.41) is 12.7. The third-order valence-electron chi connectivity index (χ3n) is 4.10. The van der Waals surface area contributed by atoms with E-state index in [1.54, 1.807) is 0 Å². The van der Waals surface area contributed by atoms with Gasteiger partial charge in [-0.1, -0.05) is 13.8 Å². The smallest absolute Gasteiger partial charge is 0.103 e. The van der Waals surface area contributed by atoms with Crippen molar-refractivity contribution in [2.24, 2.45) is 0 Å². The van der Waals surface area contributed by atoms with E-state index in [9.17, 15) is 5.26 Å². The summed E-state index contributed by atoms with van der Waals surface area (Å²) in [7, 11) is 0. The average molecular weight is 281 g/mol. The van der Waals surface area contributed by atoms with Crippen molar-refractivity contribution in [3.8, 4) is 6.07 Å². The molecule has 4 nitrogen and oxygen atoms in total. The zero-order valence-electron chi connectivity index (χ0n) is 13.5. The van der Waals surface area contributed by atoms with Crippen molar-refractivity contribution in [2.45, 2.75) is 64.5 Å². The molecule has 0 bridgehead atoms. The fourth-order valence-electron chi connectivity index (χ4n) is 2.70. The first-order valence-electron chi connectivity index (χ1n) is 8.13. The van der Waals surface area contributed by atoms with Crippen molar-refractivity contribution in [1.29, 1.82) is 5.26 Å². The number of nitrogens with one attached hydrogen (secondary N) is 1. The van der Waals surface area contributed by atoms with Crippen molar-refractivity contribution >= 4 is 0 Å². The molecule has 20 heavy (non-hydrogen) atoms. The van der Waals surface area contributed by atoms with Gasteiger partial charge in [0.15, 0.2) is 0 Å². The Bertz CT molecular complexity index is 297. The molecule has 0 spiro atoms. The molecule has 1 aliphatic heterocycles. The Balaban J connectivity index is 2.26. The van der Waals surface area contributed by atoms with Crippen molar-refractivity contribution in [1.82, 2.24) is 10.2 Å². The number of hydrogen-bond acceptors (Lipinski definition) is 4. The second-order valence-electron chi connectivity index (χ2n) is 6.00. The van der Waals surface area contributed by atoms with Crippen LogP contribution in [-0.4, -0.2) is 49.3 Å². The minimum absolute atomic E-state index is 0.376. The standard InChI is InChI=1S/C16H31N3O/c1-4-10-18-16(3,14-17)9-7-11-19(5-2)13-15-8-6-12-20-15/h15,18H,4-13H2,1-3H3. The van der Waals surface area contributed by atoms with Crippen LogP contribution in [0.15, 0.2) is 0 Å². The first kappa shape index (κ1) is 17.4. The van der Waals surface area contributed by atoms with Crippen LogP contribution in [0.5, 0.6) is 0 Å². The number of hydrogen-bond donors (Lipinski definition) is 1. The summed E-state index contributed by atoms with van der Waals surface area (Å²) in [4.78, 5) is 2.45. The Labute approximate surface area is 124 Å². The predicted octanol–water partition coefficient (Wildman–Crippen LogP) is 2.55. The van der Waals surface area contributed by atoms with Crippen LogP contribution >= 0.6 is 0 Å². The van der Waals surface area contributed by atoms with E-state index in [2.05, 4.69) is 30.1 Å². The molecule has 1 saturated heterocycles. The molecule has 0 aromatic rings. The van der Waals surface area contributed by atoms with Crippen LogP contribution in [-0.2, 0) is 4.74 Å². The van der Waals surface area contributed by atoms with Crippen LogP contribution in [0.3, 0.4) is 0 Å². The first-order valence-corrected chi connectivity index (χ1v) is 8.13. The van der Waals surface area contributed by atoms with E-state index >= 15 is 0 Å². The summed E-state index contributed by atoms with van der Waals surface area (Å²) in [6, 6.07) is 2.42. The summed E-state index contributed by atoms with van der Waals surface area (Å²) in [6.45, 7) is 11.3. The highest BCUT2D eigenvalue weighted by molar-refractivity contribution is 5.03. The molecule has 0 aromatic heterocycles. The molecule has 1 N–H and O–H groups in total. The lowest BCUT2D eigenvalue weighted by atomic mass is 9.97. The fourth-order valence-corrected chi connectivity index (χ4v) is 2.70. The number of rotatable bonds is 10. The molecule has 116 valence electrons. The molecular formula is C16H31N3O. The second kappa shape index (κ2) is 9.33. The summed E-state index contributed by atoms with van der Waals surface area (Å²) in [5.74, 6) is 0.